The predicted molar refractivity (Wildman–Crippen MR) is 134 cm³/mol. The monoisotopic (exact) mass is 517 g/mol. The minimum absolute atomic E-state index is 0.114. The molecule has 0 radical (unpaired) electrons. The average Bonchev–Trinajstić information content (AvgIpc) is 2.99. The fourth-order valence-electron chi connectivity index (χ4n) is 4.22. The van der Waals surface area contributed by atoms with Gasteiger partial charge >= 0.3 is 6.03 Å². The lowest BCUT2D eigenvalue weighted by Gasteiger charge is -2.30. The van der Waals surface area contributed by atoms with Gasteiger partial charge in [0.15, 0.2) is 0 Å². The zero-order valence-corrected chi connectivity index (χ0v) is 21.2. The molecule has 0 unspecified atom stereocenters. The first-order chi connectivity index (χ1) is 17.3. The quantitative estimate of drug-likeness (QED) is 0.382. The lowest BCUT2D eigenvalue weighted by molar-refractivity contribution is -0.125. The van der Waals surface area contributed by atoms with Crippen LogP contribution in [-0.2, 0) is 16.1 Å². The molecule has 0 aromatic heterocycles. The number of hydrogen-bond donors (Lipinski definition) is 1. The van der Waals surface area contributed by atoms with Crippen molar-refractivity contribution in [1.82, 2.24) is 14.7 Å². The summed E-state index contributed by atoms with van der Waals surface area (Å²) in [6, 6.07) is 14.6. The molecule has 10 heteroatoms. The second kappa shape index (κ2) is 11.9. The van der Waals surface area contributed by atoms with Crippen molar-refractivity contribution >= 4 is 23.5 Å². The molecule has 9 nitrogen and oxygen atoms in total. The normalized spacial score (nSPS) is 21.1. The molecular weight excluding hydrogens is 486 g/mol. The number of imide groups is 1. The standard InChI is InChI=1S/C26H32ClN3O6/c1-28-16-24(31)30(25(28)32)11-2-13-35-22-7-3-20(4-8-22)15-29-12-14-34-18-26(33,17-29)19-36-23-9-5-21(27)6-10-23/h3-10,33H,2,11-19H2,1H3/t26-/m0/s1. The van der Waals surface area contributed by atoms with E-state index in [2.05, 4.69) is 4.90 Å². The summed E-state index contributed by atoms with van der Waals surface area (Å²) in [5, 5.41) is 11.7. The molecule has 2 saturated heterocycles. The molecule has 2 aliphatic rings. The highest BCUT2D eigenvalue weighted by Gasteiger charge is 2.34. The van der Waals surface area contributed by atoms with Gasteiger partial charge in [0.25, 0.3) is 0 Å². The molecular formula is C26H32ClN3O6. The largest absolute Gasteiger partial charge is 0.494 e. The summed E-state index contributed by atoms with van der Waals surface area (Å²) in [6.45, 7) is 3.51. The molecule has 0 spiro atoms. The summed E-state index contributed by atoms with van der Waals surface area (Å²) in [5.74, 6) is 1.20. The maximum absolute atomic E-state index is 11.9. The molecule has 2 aromatic carbocycles. The third-order valence-corrected chi connectivity index (χ3v) is 6.37. The van der Waals surface area contributed by atoms with E-state index in [4.69, 9.17) is 25.8 Å². The van der Waals surface area contributed by atoms with Crippen LogP contribution in [0.5, 0.6) is 11.5 Å². The minimum atomic E-state index is -1.13. The molecule has 2 aliphatic heterocycles. The number of amides is 3. The van der Waals surface area contributed by atoms with Gasteiger partial charge in [0.1, 0.15) is 30.3 Å². The zero-order valence-electron chi connectivity index (χ0n) is 20.4. The van der Waals surface area contributed by atoms with Crippen molar-refractivity contribution < 1.29 is 28.9 Å². The summed E-state index contributed by atoms with van der Waals surface area (Å²) in [7, 11) is 1.62. The molecule has 4 rings (SSSR count). The third-order valence-electron chi connectivity index (χ3n) is 6.12. The summed E-state index contributed by atoms with van der Waals surface area (Å²) in [6.07, 6.45) is 0.567. The van der Waals surface area contributed by atoms with Gasteiger partial charge in [0.05, 0.1) is 19.8 Å². The molecule has 0 saturated carbocycles. The number of carbonyl (C=O) groups is 2. The van der Waals surface area contributed by atoms with Crippen LogP contribution in [0.4, 0.5) is 4.79 Å². The molecule has 36 heavy (non-hydrogen) atoms. The van der Waals surface area contributed by atoms with Crippen molar-refractivity contribution in [1.29, 1.82) is 0 Å². The first kappa shape index (κ1) is 26.2. The van der Waals surface area contributed by atoms with Crippen LogP contribution in [0.15, 0.2) is 48.5 Å². The molecule has 0 aliphatic carbocycles. The van der Waals surface area contributed by atoms with E-state index in [0.29, 0.717) is 56.6 Å². The number of rotatable bonds is 10. The number of urea groups is 1. The Morgan fingerprint density at radius 1 is 1.06 bits per heavy atom. The lowest BCUT2D eigenvalue weighted by atomic mass is 10.1. The maximum Gasteiger partial charge on any atom is 0.326 e. The van der Waals surface area contributed by atoms with Gasteiger partial charge in [-0.2, -0.15) is 0 Å². The molecule has 1 N–H and O–H groups in total. The van der Waals surface area contributed by atoms with Crippen molar-refractivity contribution in [3.63, 3.8) is 0 Å². The highest BCUT2D eigenvalue weighted by atomic mass is 35.5. The Morgan fingerprint density at radius 2 is 1.75 bits per heavy atom. The van der Waals surface area contributed by atoms with Crippen molar-refractivity contribution in [2.75, 3.05) is 59.7 Å². The van der Waals surface area contributed by atoms with E-state index in [1.165, 1.54) is 9.80 Å². The topological polar surface area (TPSA) is 91.8 Å². The summed E-state index contributed by atoms with van der Waals surface area (Å²) < 4.78 is 17.2. The van der Waals surface area contributed by atoms with Gasteiger partial charge in [0.2, 0.25) is 5.91 Å². The average molecular weight is 518 g/mol. The molecule has 2 aromatic rings. The SMILES string of the molecule is CN1CC(=O)N(CCCOc2ccc(CN3CCOC[C@](O)(COc4ccc(Cl)cc4)C3)cc2)C1=O. The Bertz CT molecular complexity index is 1030. The molecule has 2 fully saturated rings. The Labute approximate surface area is 216 Å². The highest BCUT2D eigenvalue weighted by molar-refractivity contribution is 6.30. The van der Waals surface area contributed by atoms with E-state index in [0.717, 1.165) is 11.3 Å². The number of β-amino-alcohol motifs (C(OH)–C–C–N with tert-alkyl or cyclic N) is 1. The van der Waals surface area contributed by atoms with Crippen LogP contribution in [0.25, 0.3) is 0 Å². The van der Waals surface area contributed by atoms with Gasteiger partial charge in [-0.15, -0.1) is 0 Å². The fourth-order valence-corrected chi connectivity index (χ4v) is 4.34. The number of ether oxygens (including phenoxy) is 3. The Hall–Kier alpha value is -2.85. The minimum Gasteiger partial charge on any atom is -0.494 e. The van der Waals surface area contributed by atoms with Crippen LogP contribution >= 0.6 is 11.6 Å². The van der Waals surface area contributed by atoms with Crippen molar-refractivity contribution in [2.45, 2.75) is 18.6 Å². The number of likely N-dealkylation sites (N-methyl/N-ethyl adjacent to an activating group) is 1. The smallest absolute Gasteiger partial charge is 0.326 e. The van der Waals surface area contributed by atoms with E-state index in [1.807, 2.05) is 24.3 Å². The number of aliphatic hydroxyl groups is 1. The Morgan fingerprint density at radius 3 is 2.44 bits per heavy atom. The second-order valence-corrected chi connectivity index (χ2v) is 9.70. The molecule has 0 bridgehead atoms. The first-order valence-corrected chi connectivity index (χ1v) is 12.4. The van der Waals surface area contributed by atoms with Gasteiger partial charge in [-0.25, -0.2) is 4.79 Å². The number of carbonyl (C=O) groups excluding carboxylic acids is 2. The third kappa shape index (κ3) is 7.10. The van der Waals surface area contributed by atoms with E-state index < -0.39 is 5.60 Å². The van der Waals surface area contributed by atoms with Crippen LogP contribution in [0.2, 0.25) is 5.02 Å². The number of nitrogens with zero attached hydrogens (tertiary/aromatic N) is 3. The van der Waals surface area contributed by atoms with Gasteiger partial charge < -0.3 is 24.2 Å². The maximum atomic E-state index is 11.9. The molecule has 194 valence electrons. The van der Waals surface area contributed by atoms with Crippen molar-refractivity contribution in [3.8, 4) is 11.5 Å². The van der Waals surface area contributed by atoms with E-state index >= 15 is 0 Å². The van der Waals surface area contributed by atoms with Crippen LogP contribution in [0.1, 0.15) is 12.0 Å². The summed E-state index contributed by atoms with van der Waals surface area (Å²) >= 11 is 5.92. The van der Waals surface area contributed by atoms with Gasteiger partial charge in [-0.3, -0.25) is 14.6 Å². The van der Waals surface area contributed by atoms with Crippen molar-refractivity contribution in [3.05, 3.63) is 59.1 Å². The number of hydrogen-bond acceptors (Lipinski definition) is 7. The van der Waals surface area contributed by atoms with E-state index in [9.17, 15) is 14.7 Å². The van der Waals surface area contributed by atoms with Crippen LogP contribution < -0.4 is 9.47 Å². The second-order valence-electron chi connectivity index (χ2n) is 9.26. The predicted octanol–water partition coefficient (Wildman–Crippen LogP) is 2.65. The van der Waals surface area contributed by atoms with Gasteiger partial charge in [-0.1, -0.05) is 23.7 Å². The summed E-state index contributed by atoms with van der Waals surface area (Å²) in [4.78, 5) is 28.5. The fraction of sp³-hybridized carbons (Fsp3) is 0.462. The summed E-state index contributed by atoms with van der Waals surface area (Å²) in [5.41, 5.74) is -0.0481. The Balaban J connectivity index is 1.23. The molecule has 3 amide bonds. The van der Waals surface area contributed by atoms with Crippen molar-refractivity contribution in [2.24, 2.45) is 0 Å². The number of benzene rings is 2. The Kier molecular flexibility index (Phi) is 8.68. The van der Waals surface area contributed by atoms with Gasteiger partial charge in [-0.05, 0) is 48.4 Å². The van der Waals surface area contributed by atoms with Crippen LogP contribution in [0, 0.1) is 0 Å². The highest BCUT2D eigenvalue weighted by Crippen LogP contribution is 2.21. The molecule has 1 atom stereocenters. The van der Waals surface area contributed by atoms with Crippen LogP contribution in [-0.4, -0.2) is 97.0 Å². The van der Waals surface area contributed by atoms with E-state index in [-0.39, 0.29) is 31.7 Å². The number of halogens is 1. The van der Waals surface area contributed by atoms with E-state index in [1.54, 1.807) is 31.3 Å². The molecule has 2 heterocycles. The lowest BCUT2D eigenvalue weighted by Crippen LogP contribution is -2.48. The van der Waals surface area contributed by atoms with Crippen LogP contribution in [0.3, 0.4) is 0 Å². The first-order valence-electron chi connectivity index (χ1n) is 12.0. The zero-order chi connectivity index (χ0) is 25.5. The van der Waals surface area contributed by atoms with Gasteiger partial charge in [0, 0.05) is 38.2 Å².